The Kier molecular flexibility index (Phi) is 4.51. The van der Waals surface area contributed by atoms with Crippen molar-refractivity contribution in [2.75, 3.05) is 13.1 Å². The molecule has 1 fully saturated rings. The first kappa shape index (κ1) is 17.5. The first-order chi connectivity index (χ1) is 13.0. The Bertz CT molecular complexity index is 938. The molecule has 0 spiro atoms. The average Bonchev–Trinajstić information content (AvgIpc) is 2.67. The third-order valence-corrected chi connectivity index (χ3v) is 5.48. The minimum absolute atomic E-state index is 0.0131. The van der Waals surface area contributed by atoms with E-state index >= 15 is 0 Å². The second-order valence-corrected chi connectivity index (χ2v) is 7.32. The lowest BCUT2D eigenvalue weighted by Gasteiger charge is -2.43. The number of aromatic nitrogens is 2. The Hall–Kier alpha value is -2.96. The van der Waals surface area contributed by atoms with Crippen molar-refractivity contribution >= 4 is 11.9 Å². The maximum Gasteiger partial charge on any atom is 0.303 e. The van der Waals surface area contributed by atoms with Crippen molar-refractivity contribution in [1.29, 1.82) is 0 Å². The molecule has 0 unspecified atom stereocenters. The van der Waals surface area contributed by atoms with Crippen LogP contribution >= 0.6 is 0 Å². The Morgan fingerprint density at radius 1 is 1.15 bits per heavy atom. The maximum absolute atomic E-state index is 13.0. The molecule has 0 radical (unpaired) electrons. The Morgan fingerprint density at radius 2 is 2.00 bits per heavy atom. The van der Waals surface area contributed by atoms with E-state index in [0.29, 0.717) is 25.2 Å². The lowest BCUT2D eigenvalue weighted by atomic mass is 9.82. The van der Waals surface area contributed by atoms with Crippen LogP contribution in [0, 0.1) is 5.92 Å². The quantitative estimate of drug-likeness (QED) is 0.888. The highest BCUT2D eigenvalue weighted by Crippen LogP contribution is 2.36. The van der Waals surface area contributed by atoms with E-state index in [1.165, 1.54) is 0 Å². The molecule has 2 aromatic rings. The second-order valence-electron chi connectivity index (χ2n) is 7.32. The summed E-state index contributed by atoms with van der Waals surface area (Å²) in [6.45, 7) is 1.71. The number of amides is 1. The van der Waals surface area contributed by atoms with E-state index in [1.807, 2.05) is 28.8 Å². The van der Waals surface area contributed by atoms with Crippen molar-refractivity contribution < 1.29 is 14.7 Å². The Balaban J connectivity index is 1.60. The second kappa shape index (κ2) is 6.98. The summed E-state index contributed by atoms with van der Waals surface area (Å²) in [5, 5.41) is 8.79. The standard InChI is InChI=1S/C20H21N3O4/c24-18(5-6-19(25)26)22-10-13-8-15(12-22)17-4-3-16(20(27)23(17)11-13)14-2-1-7-21-9-14/h1-4,7,9,13,15H,5-6,8,10-12H2,(H,25,26)/t13-,15-/m1/s1. The zero-order valence-corrected chi connectivity index (χ0v) is 14.9. The van der Waals surface area contributed by atoms with Crippen molar-refractivity contribution in [1.82, 2.24) is 14.5 Å². The summed E-state index contributed by atoms with van der Waals surface area (Å²) in [5.74, 6) is -0.746. The monoisotopic (exact) mass is 367 g/mol. The van der Waals surface area contributed by atoms with Gasteiger partial charge >= 0.3 is 5.97 Å². The molecular formula is C20H21N3O4. The van der Waals surface area contributed by atoms with Crippen molar-refractivity contribution in [2.24, 2.45) is 5.92 Å². The van der Waals surface area contributed by atoms with Crippen molar-refractivity contribution in [3.8, 4) is 11.1 Å². The van der Waals surface area contributed by atoms with Crippen LogP contribution in [-0.4, -0.2) is 44.5 Å². The third-order valence-electron chi connectivity index (χ3n) is 5.48. The molecule has 1 saturated heterocycles. The van der Waals surface area contributed by atoms with Crippen LogP contribution in [0.5, 0.6) is 0 Å². The summed E-state index contributed by atoms with van der Waals surface area (Å²) in [6, 6.07) is 7.52. The van der Waals surface area contributed by atoms with E-state index in [0.717, 1.165) is 17.7 Å². The predicted octanol–water partition coefficient (Wildman–Crippen LogP) is 1.72. The zero-order valence-electron chi connectivity index (χ0n) is 14.9. The molecule has 1 amide bonds. The third kappa shape index (κ3) is 3.37. The normalized spacial score (nSPS) is 20.8. The van der Waals surface area contributed by atoms with Crippen LogP contribution in [0.1, 0.15) is 30.9 Å². The number of hydrogen-bond donors (Lipinski definition) is 1. The number of carbonyl (C=O) groups excluding carboxylic acids is 1. The molecule has 7 heteroatoms. The number of hydrogen-bond acceptors (Lipinski definition) is 4. The Morgan fingerprint density at radius 3 is 2.74 bits per heavy atom. The van der Waals surface area contributed by atoms with E-state index in [4.69, 9.17) is 5.11 Å². The van der Waals surface area contributed by atoms with Gasteiger partial charge in [0.05, 0.1) is 6.42 Å². The van der Waals surface area contributed by atoms with Crippen molar-refractivity contribution in [2.45, 2.75) is 31.7 Å². The van der Waals surface area contributed by atoms with Gasteiger partial charge in [0.1, 0.15) is 0 Å². The number of pyridine rings is 2. The Labute approximate surface area is 156 Å². The molecule has 1 N–H and O–H groups in total. The molecule has 0 aromatic carbocycles. The van der Waals surface area contributed by atoms with Crippen LogP contribution in [0.25, 0.3) is 11.1 Å². The first-order valence-corrected chi connectivity index (χ1v) is 9.16. The fourth-order valence-corrected chi connectivity index (χ4v) is 4.26. The van der Waals surface area contributed by atoms with Crippen molar-refractivity contribution in [3.05, 3.63) is 52.7 Å². The predicted molar refractivity (Wildman–Crippen MR) is 98.2 cm³/mol. The highest BCUT2D eigenvalue weighted by atomic mass is 16.4. The molecule has 2 atom stereocenters. The van der Waals surface area contributed by atoms with E-state index < -0.39 is 5.97 Å². The van der Waals surface area contributed by atoms with Gasteiger partial charge in [-0.15, -0.1) is 0 Å². The number of nitrogens with zero attached hydrogens (tertiary/aromatic N) is 3. The van der Waals surface area contributed by atoms with Crippen LogP contribution in [0.15, 0.2) is 41.5 Å². The number of likely N-dealkylation sites (tertiary alicyclic amines) is 1. The zero-order chi connectivity index (χ0) is 19.0. The number of fused-ring (bicyclic) bond motifs is 4. The average molecular weight is 367 g/mol. The SMILES string of the molecule is O=C(O)CCC(=O)N1C[C@H]2C[C@H](C1)c1ccc(-c3cccnc3)c(=O)n1C2. The van der Waals surface area contributed by atoms with Crippen LogP contribution in [0.2, 0.25) is 0 Å². The van der Waals surface area contributed by atoms with Crippen LogP contribution < -0.4 is 5.56 Å². The number of piperidine rings is 1. The van der Waals surface area contributed by atoms with Gasteiger partial charge in [-0.3, -0.25) is 19.4 Å². The van der Waals surface area contributed by atoms with Crippen LogP contribution in [0.3, 0.4) is 0 Å². The van der Waals surface area contributed by atoms with Crippen LogP contribution in [0.4, 0.5) is 0 Å². The van der Waals surface area contributed by atoms with Gasteiger partial charge in [-0.2, -0.15) is 0 Å². The number of carboxylic acid groups (broad SMARTS) is 1. The summed E-state index contributed by atoms with van der Waals surface area (Å²) in [7, 11) is 0. The number of carboxylic acids is 1. The largest absolute Gasteiger partial charge is 0.481 e. The molecule has 0 saturated carbocycles. The topological polar surface area (TPSA) is 92.5 Å². The summed E-state index contributed by atoms with van der Waals surface area (Å²) in [6.07, 6.45) is 4.21. The van der Waals surface area contributed by atoms with Gasteiger partial charge in [-0.25, -0.2) is 0 Å². The minimum atomic E-state index is -0.958. The molecule has 2 aliphatic rings. The van der Waals surface area contributed by atoms with Crippen molar-refractivity contribution in [3.63, 3.8) is 0 Å². The van der Waals surface area contributed by atoms with Gasteiger partial charge in [0, 0.05) is 61.2 Å². The fourth-order valence-electron chi connectivity index (χ4n) is 4.26. The van der Waals surface area contributed by atoms with E-state index in [2.05, 4.69) is 4.98 Å². The minimum Gasteiger partial charge on any atom is -0.481 e. The van der Waals surface area contributed by atoms with Gasteiger partial charge in [-0.05, 0) is 30.5 Å². The number of rotatable bonds is 4. The van der Waals surface area contributed by atoms with Gasteiger partial charge in [0.15, 0.2) is 0 Å². The number of carbonyl (C=O) groups is 2. The maximum atomic E-state index is 13.0. The first-order valence-electron chi connectivity index (χ1n) is 9.16. The van der Waals surface area contributed by atoms with Gasteiger partial charge < -0.3 is 14.6 Å². The van der Waals surface area contributed by atoms with Gasteiger partial charge in [0.2, 0.25) is 5.91 Å². The lowest BCUT2D eigenvalue weighted by Crippen LogP contribution is -2.49. The molecule has 2 aliphatic heterocycles. The number of aliphatic carboxylic acids is 1. The molecule has 2 aromatic heterocycles. The molecular weight excluding hydrogens is 346 g/mol. The molecule has 0 aliphatic carbocycles. The molecule has 4 heterocycles. The molecule has 27 heavy (non-hydrogen) atoms. The lowest BCUT2D eigenvalue weighted by molar-refractivity contribution is -0.141. The highest BCUT2D eigenvalue weighted by molar-refractivity contribution is 5.81. The molecule has 4 rings (SSSR count). The summed E-state index contributed by atoms with van der Waals surface area (Å²) in [5.41, 5.74) is 2.39. The van der Waals surface area contributed by atoms with Crippen LogP contribution in [-0.2, 0) is 16.1 Å². The van der Waals surface area contributed by atoms with E-state index in [-0.39, 0.29) is 36.1 Å². The van der Waals surface area contributed by atoms with E-state index in [1.54, 1.807) is 17.3 Å². The summed E-state index contributed by atoms with van der Waals surface area (Å²) < 4.78 is 1.85. The smallest absolute Gasteiger partial charge is 0.303 e. The summed E-state index contributed by atoms with van der Waals surface area (Å²) >= 11 is 0. The molecule has 7 nitrogen and oxygen atoms in total. The fraction of sp³-hybridized carbons (Fsp3) is 0.400. The molecule has 2 bridgehead atoms. The summed E-state index contributed by atoms with van der Waals surface area (Å²) in [4.78, 5) is 42.0. The van der Waals surface area contributed by atoms with Gasteiger partial charge in [-0.1, -0.05) is 6.07 Å². The highest BCUT2D eigenvalue weighted by Gasteiger charge is 2.36. The van der Waals surface area contributed by atoms with E-state index in [9.17, 15) is 14.4 Å². The molecule has 140 valence electrons. The van der Waals surface area contributed by atoms with Gasteiger partial charge in [0.25, 0.3) is 5.56 Å².